The van der Waals surface area contributed by atoms with Gasteiger partial charge in [-0.2, -0.15) is 5.10 Å². The molecule has 0 bridgehead atoms. The van der Waals surface area contributed by atoms with Gasteiger partial charge in [-0.3, -0.25) is 4.99 Å². The van der Waals surface area contributed by atoms with Crippen molar-refractivity contribution in [3.05, 3.63) is 82.4 Å². The highest BCUT2D eigenvalue weighted by Gasteiger charge is 2.09. The molecule has 1 heterocycles. The van der Waals surface area contributed by atoms with Gasteiger partial charge in [0.05, 0.1) is 11.4 Å². The summed E-state index contributed by atoms with van der Waals surface area (Å²) in [7, 11) is 1.73. The third kappa shape index (κ3) is 5.79. The van der Waals surface area contributed by atoms with Crippen LogP contribution < -0.4 is 10.6 Å². The molecule has 0 saturated heterocycles. The van der Waals surface area contributed by atoms with Crippen LogP contribution in [0.3, 0.4) is 0 Å². The predicted molar refractivity (Wildman–Crippen MR) is 127 cm³/mol. The molecule has 1 aromatic heterocycles. The predicted octanol–water partition coefficient (Wildman–Crippen LogP) is 4.42. The molecule has 0 amide bonds. The SMILES string of the molecule is CN=C(NCc1ccc(F)c(C)c1)NCc1ccccc1-n1nc(C)cc1C.I. The van der Waals surface area contributed by atoms with Crippen molar-refractivity contribution < 1.29 is 4.39 Å². The lowest BCUT2D eigenvalue weighted by molar-refractivity contribution is 0.617. The van der Waals surface area contributed by atoms with Gasteiger partial charge in [-0.05, 0) is 55.7 Å². The minimum atomic E-state index is -0.188. The lowest BCUT2D eigenvalue weighted by Crippen LogP contribution is -2.36. The van der Waals surface area contributed by atoms with Gasteiger partial charge in [-0.25, -0.2) is 9.07 Å². The average Bonchev–Trinajstić information content (AvgIpc) is 3.03. The molecule has 0 aliphatic rings. The summed E-state index contributed by atoms with van der Waals surface area (Å²) in [6, 6.07) is 15.4. The van der Waals surface area contributed by atoms with E-state index in [4.69, 9.17) is 0 Å². The van der Waals surface area contributed by atoms with E-state index in [2.05, 4.69) is 45.8 Å². The normalized spacial score (nSPS) is 11.1. The van der Waals surface area contributed by atoms with Crippen molar-refractivity contribution >= 4 is 29.9 Å². The van der Waals surface area contributed by atoms with E-state index in [1.165, 1.54) is 6.07 Å². The number of nitrogens with zero attached hydrogens (tertiary/aromatic N) is 3. The molecule has 0 atom stereocenters. The summed E-state index contributed by atoms with van der Waals surface area (Å²) in [6.07, 6.45) is 0. The highest BCUT2D eigenvalue weighted by molar-refractivity contribution is 14.0. The summed E-state index contributed by atoms with van der Waals surface area (Å²) >= 11 is 0. The van der Waals surface area contributed by atoms with Crippen LogP contribution in [0.15, 0.2) is 53.5 Å². The van der Waals surface area contributed by atoms with Crippen LogP contribution >= 0.6 is 24.0 Å². The Labute approximate surface area is 188 Å². The van der Waals surface area contributed by atoms with Crippen LogP contribution in [0.5, 0.6) is 0 Å². The summed E-state index contributed by atoms with van der Waals surface area (Å²) in [4.78, 5) is 4.28. The number of aromatic nitrogens is 2. The molecule has 0 fully saturated rings. The standard InChI is InChI=1S/C22H26FN5.HI/c1-15-11-18(9-10-20(15)23)13-25-22(24-4)26-14-19-7-5-6-8-21(19)28-17(3)12-16(2)27-28;/h5-12H,13-14H2,1-4H3,(H2,24,25,26);1H. The van der Waals surface area contributed by atoms with Crippen molar-refractivity contribution in [1.29, 1.82) is 0 Å². The van der Waals surface area contributed by atoms with Crippen LogP contribution in [-0.2, 0) is 13.1 Å². The van der Waals surface area contributed by atoms with Crippen molar-refractivity contribution in [1.82, 2.24) is 20.4 Å². The number of aliphatic imine (C=N–C) groups is 1. The first-order chi connectivity index (χ1) is 13.5. The second kappa shape index (κ2) is 10.4. The van der Waals surface area contributed by atoms with E-state index in [1.54, 1.807) is 20.0 Å². The number of nitrogens with one attached hydrogen (secondary N) is 2. The maximum absolute atomic E-state index is 13.4. The summed E-state index contributed by atoms with van der Waals surface area (Å²) in [6.45, 7) is 6.99. The lowest BCUT2D eigenvalue weighted by Gasteiger charge is -2.15. The smallest absolute Gasteiger partial charge is 0.191 e. The molecule has 2 N–H and O–H groups in total. The molecule has 2 aromatic carbocycles. The number of guanidine groups is 1. The number of hydrogen-bond acceptors (Lipinski definition) is 2. The second-order valence-corrected chi connectivity index (χ2v) is 6.83. The molecule has 0 aliphatic heterocycles. The van der Waals surface area contributed by atoms with Gasteiger partial charge >= 0.3 is 0 Å². The largest absolute Gasteiger partial charge is 0.352 e. The molecule has 0 saturated carbocycles. The highest BCUT2D eigenvalue weighted by atomic mass is 127. The molecule has 0 unspecified atom stereocenters. The fraction of sp³-hybridized carbons (Fsp3) is 0.273. The van der Waals surface area contributed by atoms with E-state index >= 15 is 0 Å². The molecular formula is C22H27FIN5. The Morgan fingerprint density at radius 2 is 1.76 bits per heavy atom. The fourth-order valence-corrected chi connectivity index (χ4v) is 3.14. The molecule has 0 spiro atoms. The Hall–Kier alpha value is -2.42. The van der Waals surface area contributed by atoms with Crippen molar-refractivity contribution in [3.8, 4) is 5.69 Å². The number of benzene rings is 2. The first-order valence-corrected chi connectivity index (χ1v) is 9.29. The fourth-order valence-electron chi connectivity index (χ4n) is 3.14. The van der Waals surface area contributed by atoms with E-state index in [0.717, 1.165) is 28.2 Å². The van der Waals surface area contributed by atoms with Gasteiger partial charge in [0.25, 0.3) is 0 Å². The van der Waals surface area contributed by atoms with Crippen LogP contribution in [0.2, 0.25) is 0 Å². The van der Waals surface area contributed by atoms with Gasteiger partial charge in [-0.15, -0.1) is 24.0 Å². The lowest BCUT2D eigenvalue weighted by atomic mass is 10.1. The summed E-state index contributed by atoms with van der Waals surface area (Å²) in [5, 5.41) is 11.2. The number of rotatable bonds is 5. The van der Waals surface area contributed by atoms with Crippen LogP contribution in [0.25, 0.3) is 5.69 Å². The first kappa shape index (κ1) is 22.9. The highest BCUT2D eigenvalue weighted by Crippen LogP contribution is 2.17. The number of para-hydroxylation sites is 1. The van der Waals surface area contributed by atoms with E-state index in [1.807, 2.05) is 29.8 Å². The van der Waals surface area contributed by atoms with Gasteiger partial charge in [0.1, 0.15) is 5.82 Å². The molecule has 0 aliphatic carbocycles. The number of hydrogen-bond donors (Lipinski definition) is 2. The van der Waals surface area contributed by atoms with Crippen molar-refractivity contribution in [2.45, 2.75) is 33.9 Å². The second-order valence-electron chi connectivity index (χ2n) is 6.83. The Morgan fingerprint density at radius 1 is 1.03 bits per heavy atom. The zero-order valence-corrected chi connectivity index (χ0v) is 19.5. The van der Waals surface area contributed by atoms with Gasteiger partial charge in [0.15, 0.2) is 5.96 Å². The van der Waals surface area contributed by atoms with E-state index in [9.17, 15) is 4.39 Å². The van der Waals surface area contributed by atoms with Crippen LogP contribution in [0, 0.1) is 26.6 Å². The quantitative estimate of drug-likeness (QED) is 0.306. The van der Waals surface area contributed by atoms with Crippen molar-refractivity contribution in [2.24, 2.45) is 4.99 Å². The zero-order valence-electron chi connectivity index (χ0n) is 17.2. The first-order valence-electron chi connectivity index (χ1n) is 9.29. The number of halogens is 2. The zero-order chi connectivity index (χ0) is 20.1. The molecule has 0 radical (unpaired) electrons. The van der Waals surface area contributed by atoms with Crippen molar-refractivity contribution in [2.75, 3.05) is 7.05 Å². The van der Waals surface area contributed by atoms with E-state index in [-0.39, 0.29) is 29.8 Å². The van der Waals surface area contributed by atoms with Crippen LogP contribution in [0.4, 0.5) is 4.39 Å². The molecule has 7 heteroatoms. The van der Waals surface area contributed by atoms with Crippen LogP contribution in [-0.4, -0.2) is 22.8 Å². The summed E-state index contributed by atoms with van der Waals surface area (Å²) in [5.41, 5.74) is 5.90. The molecule has 154 valence electrons. The molecule has 3 aromatic rings. The van der Waals surface area contributed by atoms with Gasteiger partial charge in [-0.1, -0.05) is 30.3 Å². The molecule has 5 nitrogen and oxygen atoms in total. The third-order valence-corrected chi connectivity index (χ3v) is 4.58. The third-order valence-electron chi connectivity index (χ3n) is 4.58. The minimum absolute atomic E-state index is 0. The van der Waals surface area contributed by atoms with Crippen LogP contribution in [0.1, 0.15) is 28.1 Å². The molecule has 29 heavy (non-hydrogen) atoms. The molecule has 3 rings (SSSR count). The molecular weight excluding hydrogens is 480 g/mol. The topological polar surface area (TPSA) is 54.2 Å². The minimum Gasteiger partial charge on any atom is -0.352 e. The Morgan fingerprint density at radius 3 is 2.41 bits per heavy atom. The van der Waals surface area contributed by atoms with Gasteiger partial charge in [0, 0.05) is 25.8 Å². The van der Waals surface area contributed by atoms with Gasteiger partial charge in [0.2, 0.25) is 0 Å². The average molecular weight is 507 g/mol. The maximum Gasteiger partial charge on any atom is 0.191 e. The summed E-state index contributed by atoms with van der Waals surface area (Å²) in [5.74, 6) is 0.497. The number of aryl methyl sites for hydroxylation is 3. The van der Waals surface area contributed by atoms with Crippen molar-refractivity contribution in [3.63, 3.8) is 0 Å². The Balaban J connectivity index is 0.00000300. The van der Waals surface area contributed by atoms with E-state index < -0.39 is 0 Å². The monoisotopic (exact) mass is 507 g/mol. The van der Waals surface area contributed by atoms with E-state index in [0.29, 0.717) is 24.6 Å². The van der Waals surface area contributed by atoms with Gasteiger partial charge < -0.3 is 10.6 Å². The Kier molecular flexibility index (Phi) is 8.19. The maximum atomic E-state index is 13.4. The summed E-state index contributed by atoms with van der Waals surface area (Å²) < 4.78 is 15.4. The Bertz CT molecular complexity index is 997.